The average Bonchev–Trinajstić information content (AvgIpc) is 3.29. The minimum atomic E-state index is -4.54. The number of sulfonamides is 1. The molecule has 0 radical (unpaired) electrons. The number of aliphatic imine (C=N–C) groups is 1. The molecule has 2 amide bonds. The molecule has 0 aliphatic carbocycles. The number of piperidine rings is 1. The van der Waals surface area contributed by atoms with E-state index in [1.54, 1.807) is 17.0 Å². The SMILES string of the molecule is Cc1cc(C(=O)N2CC(OCCCN(C)C)C2)cc(C)c1/C=C/S(=O)(=O)N1CCC2(CC1)N=C(c1cccc(C(F)(F)F)c1)NC2=O. The number of amides is 2. The molecule has 254 valence electrons. The van der Waals surface area contributed by atoms with E-state index >= 15 is 0 Å². The number of aryl methyl sites for hydroxylation is 2. The lowest BCUT2D eigenvalue weighted by Crippen LogP contribution is -2.54. The number of rotatable bonds is 10. The molecule has 2 aromatic rings. The highest BCUT2D eigenvalue weighted by molar-refractivity contribution is 7.92. The van der Waals surface area contributed by atoms with Crippen molar-refractivity contribution in [3.05, 3.63) is 75.2 Å². The van der Waals surface area contributed by atoms with Gasteiger partial charge in [0.2, 0.25) is 10.0 Å². The zero-order valence-electron chi connectivity index (χ0n) is 26.9. The molecule has 2 fully saturated rings. The third-order valence-corrected chi connectivity index (χ3v) is 10.4. The molecule has 5 rings (SSSR count). The largest absolute Gasteiger partial charge is 0.416 e. The highest BCUT2D eigenvalue weighted by atomic mass is 32.2. The lowest BCUT2D eigenvalue weighted by atomic mass is 9.89. The molecule has 47 heavy (non-hydrogen) atoms. The fraction of sp³-hybridized carbons (Fsp3) is 0.485. The summed E-state index contributed by atoms with van der Waals surface area (Å²) in [6.07, 6.45) is -1.89. The maximum Gasteiger partial charge on any atom is 0.416 e. The Labute approximate surface area is 273 Å². The highest BCUT2D eigenvalue weighted by Gasteiger charge is 2.47. The van der Waals surface area contributed by atoms with Gasteiger partial charge in [0.05, 0.1) is 11.7 Å². The van der Waals surface area contributed by atoms with Gasteiger partial charge in [-0.15, -0.1) is 0 Å². The number of ether oxygens (including phenoxy) is 1. The van der Waals surface area contributed by atoms with E-state index in [0.717, 1.165) is 41.6 Å². The van der Waals surface area contributed by atoms with Crippen molar-refractivity contribution in [3.63, 3.8) is 0 Å². The molecule has 0 saturated carbocycles. The van der Waals surface area contributed by atoms with Crippen LogP contribution < -0.4 is 5.32 Å². The van der Waals surface area contributed by atoms with Crippen LogP contribution in [0.15, 0.2) is 46.8 Å². The Hall–Kier alpha value is -3.59. The van der Waals surface area contributed by atoms with Crippen LogP contribution in [0.2, 0.25) is 0 Å². The minimum absolute atomic E-state index is 0.0149. The Morgan fingerprint density at radius 2 is 1.79 bits per heavy atom. The second-order valence-corrected chi connectivity index (χ2v) is 14.5. The minimum Gasteiger partial charge on any atom is -0.374 e. The lowest BCUT2D eigenvalue weighted by Gasteiger charge is -2.39. The number of nitrogens with one attached hydrogen (secondary N) is 1. The van der Waals surface area contributed by atoms with E-state index in [0.29, 0.717) is 30.8 Å². The summed E-state index contributed by atoms with van der Waals surface area (Å²) in [5, 5.41) is 3.72. The number of nitrogens with zero attached hydrogens (tertiary/aromatic N) is 4. The predicted molar refractivity (Wildman–Crippen MR) is 172 cm³/mol. The third-order valence-electron chi connectivity index (χ3n) is 8.84. The van der Waals surface area contributed by atoms with Gasteiger partial charge in [-0.2, -0.15) is 17.5 Å². The number of carbonyl (C=O) groups is 2. The summed E-state index contributed by atoms with van der Waals surface area (Å²) in [4.78, 5) is 34.3. The van der Waals surface area contributed by atoms with E-state index in [4.69, 9.17) is 4.74 Å². The fourth-order valence-electron chi connectivity index (χ4n) is 6.07. The molecule has 10 nitrogen and oxygen atoms in total. The Morgan fingerprint density at radius 1 is 1.13 bits per heavy atom. The van der Waals surface area contributed by atoms with Gasteiger partial charge in [-0.1, -0.05) is 12.1 Å². The number of halogens is 3. The summed E-state index contributed by atoms with van der Waals surface area (Å²) in [5.74, 6) is -0.507. The first kappa shape index (κ1) is 34.7. The molecule has 0 bridgehead atoms. The molecule has 1 N–H and O–H groups in total. The smallest absolute Gasteiger partial charge is 0.374 e. The van der Waals surface area contributed by atoms with Crippen LogP contribution in [-0.2, 0) is 25.7 Å². The van der Waals surface area contributed by atoms with Crippen molar-refractivity contribution in [3.8, 4) is 0 Å². The molecule has 0 unspecified atom stereocenters. The first-order valence-electron chi connectivity index (χ1n) is 15.5. The van der Waals surface area contributed by atoms with Gasteiger partial charge in [-0.05, 0) is 101 Å². The van der Waals surface area contributed by atoms with Crippen LogP contribution >= 0.6 is 0 Å². The van der Waals surface area contributed by atoms with Crippen molar-refractivity contribution in [1.29, 1.82) is 0 Å². The maximum atomic E-state index is 13.3. The highest BCUT2D eigenvalue weighted by Crippen LogP contribution is 2.34. The molecule has 1 spiro atoms. The van der Waals surface area contributed by atoms with Crippen LogP contribution in [-0.4, -0.2) is 105 Å². The zero-order valence-corrected chi connectivity index (χ0v) is 27.7. The summed E-state index contributed by atoms with van der Waals surface area (Å²) in [6, 6.07) is 8.08. The first-order valence-corrected chi connectivity index (χ1v) is 17.0. The quantitative estimate of drug-likeness (QED) is 0.384. The Kier molecular flexibility index (Phi) is 9.97. The normalized spacial score (nSPS) is 19.0. The van der Waals surface area contributed by atoms with Gasteiger partial charge in [0.15, 0.2) is 0 Å². The van der Waals surface area contributed by atoms with Gasteiger partial charge in [0.25, 0.3) is 11.8 Å². The van der Waals surface area contributed by atoms with Crippen molar-refractivity contribution in [2.45, 2.75) is 50.9 Å². The maximum absolute atomic E-state index is 13.3. The molecule has 2 aromatic carbocycles. The first-order chi connectivity index (χ1) is 22.1. The van der Waals surface area contributed by atoms with Gasteiger partial charge in [-0.25, -0.2) is 8.42 Å². The van der Waals surface area contributed by atoms with E-state index in [-0.39, 0.29) is 49.3 Å². The second kappa shape index (κ2) is 13.5. The molecule has 0 aromatic heterocycles. The van der Waals surface area contributed by atoms with E-state index in [9.17, 15) is 31.2 Å². The summed E-state index contributed by atoms with van der Waals surface area (Å²) in [5.41, 5.74) is 0.775. The van der Waals surface area contributed by atoms with E-state index < -0.39 is 33.2 Å². The molecular weight excluding hydrogens is 635 g/mol. The molecule has 2 saturated heterocycles. The van der Waals surface area contributed by atoms with Crippen LogP contribution in [0, 0.1) is 13.8 Å². The molecule has 14 heteroatoms. The monoisotopic (exact) mass is 675 g/mol. The number of carbonyl (C=O) groups excluding carboxylic acids is 2. The summed E-state index contributed by atoms with van der Waals surface area (Å²) in [7, 11) is 0.159. The summed E-state index contributed by atoms with van der Waals surface area (Å²) in [6.45, 7) is 6.35. The lowest BCUT2D eigenvalue weighted by molar-refractivity contribution is -0.137. The standard InChI is InChI=1S/C33H40F3N5O5S/c1-22-17-25(30(42)40-20-27(21-40)46-15-6-12-39(3)4)18-23(2)28(22)9-16-47(44,45)41-13-10-32(11-14-41)31(43)37-29(38-32)24-7-5-8-26(19-24)33(34,35)36/h5,7-9,16-19,27H,6,10-15,20-21H2,1-4H3,(H,37,38,43)/b16-9+. The van der Waals surface area contributed by atoms with Crippen LogP contribution in [0.4, 0.5) is 13.2 Å². The number of amidine groups is 1. The van der Waals surface area contributed by atoms with Gasteiger partial charge in [-0.3, -0.25) is 14.6 Å². The van der Waals surface area contributed by atoms with Crippen LogP contribution in [0.25, 0.3) is 6.08 Å². The number of alkyl halides is 3. The van der Waals surface area contributed by atoms with Gasteiger partial charge < -0.3 is 19.9 Å². The molecule has 3 aliphatic heterocycles. The van der Waals surface area contributed by atoms with Crippen LogP contribution in [0.5, 0.6) is 0 Å². The van der Waals surface area contributed by atoms with Crippen LogP contribution in [0.3, 0.4) is 0 Å². The fourth-order valence-corrected chi connectivity index (χ4v) is 7.24. The second-order valence-electron chi connectivity index (χ2n) is 12.7. The number of benzene rings is 2. The van der Waals surface area contributed by atoms with E-state index in [2.05, 4.69) is 15.2 Å². The Morgan fingerprint density at radius 3 is 2.40 bits per heavy atom. The Bertz CT molecular complexity index is 1670. The van der Waals surface area contributed by atoms with Crippen molar-refractivity contribution in [2.75, 3.05) is 53.4 Å². The number of hydrogen-bond acceptors (Lipinski definition) is 7. The topological polar surface area (TPSA) is 112 Å². The molecule has 3 aliphatic rings. The van der Waals surface area contributed by atoms with Crippen molar-refractivity contribution < 1.29 is 35.9 Å². The van der Waals surface area contributed by atoms with Crippen molar-refractivity contribution in [2.24, 2.45) is 4.99 Å². The zero-order chi connectivity index (χ0) is 34.1. The molecular formula is C33H40F3N5O5S. The molecule has 3 heterocycles. The average molecular weight is 676 g/mol. The van der Waals surface area contributed by atoms with Crippen molar-refractivity contribution >= 4 is 33.7 Å². The van der Waals surface area contributed by atoms with E-state index in [1.165, 1.54) is 22.5 Å². The van der Waals surface area contributed by atoms with Crippen LogP contribution in [0.1, 0.15) is 57.4 Å². The predicted octanol–water partition coefficient (Wildman–Crippen LogP) is 3.83. The summed E-state index contributed by atoms with van der Waals surface area (Å²) >= 11 is 0. The van der Waals surface area contributed by atoms with Gasteiger partial charge >= 0.3 is 6.18 Å². The number of hydrogen-bond donors (Lipinski definition) is 1. The number of likely N-dealkylation sites (tertiary alicyclic amines) is 1. The molecule has 0 atom stereocenters. The van der Waals surface area contributed by atoms with Crippen molar-refractivity contribution in [1.82, 2.24) is 19.4 Å². The third kappa shape index (κ3) is 7.77. The van der Waals surface area contributed by atoms with Gasteiger partial charge in [0, 0.05) is 49.3 Å². The summed E-state index contributed by atoms with van der Waals surface area (Å²) < 4.78 is 73.3. The van der Waals surface area contributed by atoms with Gasteiger partial charge in [0.1, 0.15) is 11.4 Å². The van der Waals surface area contributed by atoms with E-state index in [1.807, 2.05) is 27.9 Å². The Balaban J connectivity index is 1.19.